The number of carbonyl (C=O) groups is 2. The molecule has 0 heterocycles. The van der Waals surface area contributed by atoms with Gasteiger partial charge in [-0.2, -0.15) is 0 Å². The van der Waals surface area contributed by atoms with Crippen LogP contribution in [-0.2, 0) is 9.59 Å². The standard InChI is InChI=1S/C52H101NO3/c1-3-5-7-9-11-13-15-17-19-22-25-29-33-37-41-45-50(54)46-42-38-34-30-26-23-20-24-28-32-36-40-44-48-52(56)53-49-51(55)47-43-39-35-31-27-21-18-16-14-12-10-8-6-4-2/h17,19,51,55H,3-16,18,20-49H2,1-2H3,(H,53,56)/b19-17-/t51-/m0/s1. The molecule has 1 amide bonds. The van der Waals surface area contributed by atoms with E-state index in [1.807, 2.05) is 0 Å². The third-order valence-corrected chi connectivity index (χ3v) is 12.0. The molecule has 4 nitrogen and oxygen atoms in total. The van der Waals surface area contributed by atoms with Crippen LogP contribution in [0.25, 0.3) is 0 Å². The van der Waals surface area contributed by atoms with E-state index in [-0.39, 0.29) is 5.91 Å². The Hall–Kier alpha value is -1.16. The van der Waals surface area contributed by atoms with E-state index in [4.69, 9.17) is 0 Å². The average Bonchev–Trinajstić information content (AvgIpc) is 3.20. The number of hydrogen-bond acceptors (Lipinski definition) is 3. The molecule has 0 aromatic carbocycles. The van der Waals surface area contributed by atoms with Crippen molar-refractivity contribution in [2.24, 2.45) is 0 Å². The van der Waals surface area contributed by atoms with E-state index in [2.05, 4.69) is 31.3 Å². The van der Waals surface area contributed by atoms with Crippen molar-refractivity contribution in [3.8, 4) is 0 Å². The molecule has 0 aromatic rings. The third kappa shape index (κ3) is 47.2. The Labute approximate surface area is 351 Å². The molecular weight excluding hydrogens is 687 g/mol. The second kappa shape index (κ2) is 48.2. The molecule has 0 aliphatic carbocycles. The number of aliphatic hydroxyl groups is 1. The molecule has 0 aliphatic rings. The van der Waals surface area contributed by atoms with Gasteiger partial charge in [-0.25, -0.2) is 0 Å². The highest BCUT2D eigenvalue weighted by molar-refractivity contribution is 5.78. The van der Waals surface area contributed by atoms with Crippen LogP contribution in [0.5, 0.6) is 0 Å². The monoisotopic (exact) mass is 788 g/mol. The lowest BCUT2D eigenvalue weighted by atomic mass is 10.0. The van der Waals surface area contributed by atoms with Crippen LogP contribution < -0.4 is 5.32 Å². The molecule has 4 heteroatoms. The molecular formula is C52H101NO3. The van der Waals surface area contributed by atoms with Crippen molar-refractivity contribution in [2.45, 2.75) is 302 Å². The molecule has 0 aromatic heterocycles. The quantitative estimate of drug-likeness (QED) is 0.0477. The first kappa shape index (κ1) is 54.8. The minimum atomic E-state index is -0.399. The van der Waals surface area contributed by atoms with Gasteiger partial charge in [-0.05, 0) is 51.4 Å². The van der Waals surface area contributed by atoms with Crippen LogP contribution in [-0.4, -0.2) is 29.4 Å². The number of hydrogen-bond donors (Lipinski definition) is 2. The first-order chi connectivity index (χ1) is 27.6. The largest absolute Gasteiger partial charge is 0.391 e. The molecule has 2 N–H and O–H groups in total. The first-order valence-electron chi connectivity index (χ1n) is 25.7. The van der Waals surface area contributed by atoms with E-state index in [1.54, 1.807) is 0 Å². The fourth-order valence-corrected chi connectivity index (χ4v) is 8.07. The fraction of sp³-hybridized carbons (Fsp3) is 0.923. The van der Waals surface area contributed by atoms with Gasteiger partial charge in [0.1, 0.15) is 5.78 Å². The Morgan fingerprint density at radius 1 is 0.393 bits per heavy atom. The topological polar surface area (TPSA) is 66.4 Å². The SMILES string of the molecule is CCCCCCCC/C=C\CCCCCCCC(=O)CCCCCCCCCCCCCCCC(=O)NC[C@@H](O)CCCCCCCCCCCCCCCC. The Kier molecular flexibility index (Phi) is 47.2. The number of nitrogens with one attached hydrogen (secondary N) is 1. The van der Waals surface area contributed by atoms with Crippen LogP contribution in [0.3, 0.4) is 0 Å². The lowest BCUT2D eigenvalue weighted by molar-refractivity contribution is -0.121. The van der Waals surface area contributed by atoms with Crippen LogP contribution in [0.4, 0.5) is 0 Å². The van der Waals surface area contributed by atoms with Crippen LogP contribution in [0.15, 0.2) is 12.2 Å². The van der Waals surface area contributed by atoms with Gasteiger partial charge < -0.3 is 10.4 Å². The van der Waals surface area contributed by atoms with E-state index in [9.17, 15) is 14.7 Å². The maximum absolute atomic E-state index is 12.2. The Balaban J connectivity index is 3.30. The van der Waals surface area contributed by atoms with E-state index in [1.165, 1.54) is 225 Å². The molecule has 56 heavy (non-hydrogen) atoms. The highest BCUT2D eigenvalue weighted by atomic mass is 16.3. The summed E-state index contributed by atoms with van der Waals surface area (Å²) >= 11 is 0. The Bertz CT molecular complexity index is 810. The number of allylic oxidation sites excluding steroid dienone is 2. The summed E-state index contributed by atoms with van der Waals surface area (Å²) in [5, 5.41) is 13.2. The highest BCUT2D eigenvalue weighted by Gasteiger charge is 2.07. The predicted octanol–water partition coefficient (Wildman–Crippen LogP) is 16.8. The molecule has 0 saturated carbocycles. The number of amides is 1. The number of ketones is 1. The van der Waals surface area contributed by atoms with Gasteiger partial charge in [-0.1, -0.05) is 238 Å². The third-order valence-electron chi connectivity index (χ3n) is 12.0. The summed E-state index contributed by atoms with van der Waals surface area (Å²) < 4.78 is 0. The zero-order valence-corrected chi connectivity index (χ0v) is 38.3. The summed E-state index contributed by atoms with van der Waals surface area (Å²) in [6, 6.07) is 0. The summed E-state index contributed by atoms with van der Waals surface area (Å²) in [6.45, 7) is 4.97. The van der Waals surface area contributed by atoms with E-state index < -0.39 is 6.10 Å². The van der Waals surface area contributed by atoms with Crippen molar-refractivity contribution in [1.29, 1.82) is 0 Å². The number of aliphatic hydroxyl groups excluding tert-OH is 1. The smallest absolute Gasteiger partial charge is 0.220 e. The van der Waals surface area contributed by atoms with E-state index >= 15 is 0 Å². The minimum absolute atomic E-state index is 0.102. The van der Waals surface area contributed by atoms with Gasteiger partial charge in [0.25, 0.3) is 0 Å². The van der Waals surface area contributed by atoms with Gasteiger partial charge in [0.2, 0.25) is 5.91 Å². The second-order valence-corrected chi connectivity index (χ2v) is 17.8. The molecule has 0 rings (SSSR count). The van der Waals surface area contributed by atoms with Crippen LogP contribution in [0, 0.1) is 0 Å². The molecule has 0 fully saturated rings. The summed E-state index contributed by atoms with van der Waals surface area (Å²) in [5.74, 6) is 0.594. The molecule has 0 aliphatic heterocycles. The zero-order valence-electron chi connectivity index (χ0n) is 38.3. The van der Waals surface area contributed by atoms with Crippen molar-refractivity contribution < 1.29 is 14.7 Å². The Morgan fingerprint density at radius 3 is 1.04 bits per heavy atom. The minimum Gasteiger partial charge on any atom is -0.391 e. The fourth-order valence-electron chi connectivity index (χ4n) is 8.07. The number of carbonyl (C=O) groups excluding carboxylic acids is 2. The second-order valence-electron chi connectivity index (χ2n) is 17.8. The van der Waals surface area contributed by atoms with Crippen molar-refractivity contribution in [1.82, 2.24) is 5.32 Å². The van der Waals surface area contributed by atoms with Gasteiger partial charge in [-0.15, -0.1) is 0 Å². The molecule has 0 radical (unpaired) electrons. The maximum Gasteiger partial charge on any atom is 0.220 e. The lowest BCUT2D eigenvalue weighted by Gasteiger charge is -2.12. The van der Waals surface area contributed by atoms with E-state index in [0.717, 1.165) is 51.4 Å². The van der Waals surface area contributed by atoms with Crippen molar-refractivity contribution in [3.63, 3.8) is 0 Å². The van der Waals surface area contributed by atoms with Gasteiger partial charge >= 0.3 is 0 Å². The summed E-state index contributed by atoms with van der Waals surface area (Å²) in [5.41, 5.74) is 0. The van der Waals surface area contributed by atoms with Gasteiger partial charge in [0.15, 0.2) is 0 Å². The van der Waals surface area contributed by atoms with Crippen molar-refractivity contribution in [2.75, 3.05) is 6.54 Å². The van der Waals surface area contributed by atoms with Gasteiger partial charge in [-0.3, -0.25) is 9.59 Å². The average molecular weight is 788 g/mol. The summed E-state index contributed by atoms with van der Waals surface area (Å²) in [4.78, 5) is 24.4. The normalized spacial score (nSPS) is 12.2. The number of rotatable bonds is 48. The van der Waals surface area contributed by atoms with Gasteiger partial charge in [0, 0.05) is 25.8 Å². The molecule has 0 unspecified atom stereocenters. The molecule has 0 spiro atoms. The van der Waals surface area contributed by atoms with Crippen molar-refractivity contribution >= 4 is 11.7 Å². The Morgan fingerprint density at radius 2 is 0.679 bits per heavy atom. The van der Waals surface area contributed by atoms with Crippen molar-refractivity contribution in [3.05, 3.63) is 12.2 Å². The highest BCUT2D eigenvalue weighted by Crippen LogP contribution is 2.16. The van der Waals surface area contributed by atoms with Gasteiger partial charge in [0.05, 0.1) is 6.10 Å². The summed E-state index contributed by atoms with van der Waals surface area (Å²) in [7, 11) is 0. The zero-order chi connectivity index (χ0) is 40.7. The number of Topliss-reactive ketones (excluding diaryl/α,β-unsaturated/α-hetero) is 1. The van der Waals surface area contributed by atoms with Crippen LogP contribution >= 0.6 is 0 Å². The predicted molar refractivity (Wildman–Crippen MR) is 248 cm³/mol. The summed E-state index contributed by atoms with van der Waals surface area (Å²) in [6.07, 6.45) is 59.5. The lowest BCUT2D eigenvalue weighted by Crippen LogP contribution is -2.31. The maximum atomic E-state index is 12.2. The molecule has 332 valence electrons. The van der Waals surface area contributed by atoms with E-state index in [0.29, 0.717) is 18.7 Å². The van der Waals surface area contributed by atoms with Crippen LogP contribution in [0.1, 0.15) is 296 Å². The molecule has 0 saturated heterocycles. The molecule has 0 bridgehead atoms. The van der Waals surface area contributed by atoms with Crippen LogP contribution in [0.2, 0.25) is 0 Å². The number of unbranched alkanes of at least 4 members (excludes halogenated alkanes) is 36. The molecule has 1 atom stereocenters. The first-order valence-corrected chi connectivity index (χ1v) is 25.7.